The Labute approximate surface area is 171 Å². The summed E-state index contributed by atoms with van der Waals surface area (Å²) >= 11 is 0. The number of carbonyl (C=O) groups excluding carboxylic acids is 2. The molecule has 4 N–H and O–H groups in total. The Morgan fingerprint density at radius 1 is 1.00 bits per heavy atom. The first-order chi connectivity index (χ1) is 11.8. The van der Waals surface area contributed by atoms with Crippen LogP contribution in [0.25, 0.3) is 0 Å². The van der Waals surface area contributed by atoms with Gasteiger partial charge in [-0.25, -0.2) is 4.79 Å². The van der Waals surface area contributed by atoms with Gasteiger partial charge in [0.05, 0.1) is 18.1 Å². The number of rotatable bonds is 4. The van der Waals surface area contributed by atoms with Gasteiger partial charge in [0.25, 0.3) is 0 Å². The largest absolute Gasteiger partial charge is 1.00 e. The van der Waals surface area contributed by atoms with E-state index in [0.29, 0.717) is 6.42 Å². The van der Waals surface area contributed by atoms with Crippen molar-refractivity contribution >= 4 is 11.9 Å². The van der Waals surface area contributed by atoms with E-state index in [0.717, 1.165) is 12.1 Å². The number of phenols is 4. The topological polar surface area (TPSA) is 147 Å². The maximum atomic E-state index is 11.3. The summed E-state index contributed by atoms with van der Waals surface area (Å²) in [4.78, 5) is 21.4. The van der Waals surface area contributed by atoms with E-state index in [1.807, 2.05) is 6.92 Å². The number of phenolic OH excluding ortho intramolecular Hbond substituents is 3. The van der Waals surface area contributed by atoms with Crippen LogP contribution in [-0.4, -0.2) is 39.0 Å². The fourth-order valence-electron chi connectivity index (χ4n) is 1.65. The van der Waals surface area contributed by atoms with Gasteiger partial charge in [0.2, 0.25) is 0 Å². The van der Waals surface area contributed by atoms with Gasteiger partial charge >= 0.3 is 35.5 Å². The molecule has 0 aliphatic carbocycles. The Morgan fingerprint density at radius 3 is 1.96 bits per heavy atom. The van der Waals surface area contributed by atoms with Gasteiger partial charge in [0.15, 0.2) is 17.2 Å². The monoisotopic (exact) mass is 372 g/mol. The van der Waals surface area contributed by atoms with Crippen molar-refractivity contribution < 1.29 is 69.4 Å². The zero-order chi connectivity index (χ0) is 19.0. The van der Waals surface area contributed by atoms with E-state index >= 15 is 0 Å². The molecule has 0 aliphatic rings. The number of carboxylic acids is 1. The number of ether oxygens (including phenoxy) is 1. The Kier molecular flexibility index (Phi) is 10.2. The van der Waals surface area contributed by atoms with Crippen LogP contribution in [-0.2, 0) is 4.74 Å². The molecule has 0 unspecified atom stereocenters. The molecule has 2 aromatic rings. The summed E-state index contributed by atoms with van der Waals surface area (Å²) < 4.78 is 4.78. The van der Waals surface area contributed by atoms with Gasteiger partial charge in [-0.05, 0) is 30.7 Å². The second-order valence-corrected chi connectivity index (χ2v) is 4.80. The smallest absolute Gasteiger partial charge is 0.545 e. The summed E-state index contributed by atoms with van der Waals surface area (Å²) in [5, 5.41) is 46.3. The first kappa shape index (κ1) is 23.6. The number of aromatic hydroxyl groups is 4. The van der Waals surface area contributed by atoms with Crippen molar-refractivity contribution in [2.75, 3.05) is 6.61 Å². The van der Waals surface area contributed by atoms with Crippen LogP contribution in [0.5, 0.6) is 23.0 Å². The Balaban J connectivity index is 0.000000497. The normalized spacial score (nSPS) is 9.27. The fourth-order valence-corrected chi connectivity index (χ4v) is 1.65. The summed E-state index contributed by atoms with van der Waals surface area (Å²) in [5.41, 5.74) is -0.182. The molecular formula is C17H17NaO8. The van der Waals surface area contributed by atoms with Crippen molar-refractivity contribution in [1.82, 2.24) is 0 Å². The molecule has 0 atom stereocenters. The molecule has 0 bridgehead atoms. The number of benzene rings is 2. The van der Waals surface area contributed by atoms with Gasteiger partial charge in [-0.3, -0.25) is 0 Å². The van der Waals surface area contributed by atoms with Gasteiger partial charge in [-0.2, -0.15) is 0 Å². The van der Waals surface area contributed by atoms with Crippen LogP contribution in [0, 0.1) is 0 Å². The Hall–Kier alpha value is -2.42. The van der Waals surface area contributed by atoms with E-state index in [9.17, 15) is 14.7 Å². The second kappa shape index (κ2) is 11.2. The molecule has 0 radical (unpaired) electrons. The fraction of sp³-hybridized carbons (Fsp3) is 0.176. The SMILES string of the molecule is CCCOC(=O)c1cc(O)c(O)c(O)c1.O=C([O-])c1ccccc1O.[Na+]. The number of hydrogen-bond donors (Lipinski definition) is 4. The third-order valence-corrected chi connectivity index (χ3v) is 2.87. The summed E-state index contributed by atoms with van der Waals surface area (Å²) in [6.07, 6.45) is 0.682. The molecule has 26 heavy (non-hydrogen) atoms. The number of carboxylic acid groups (broad SMARTS) is 1. The average Bonchev–Trinajstić information content (AvgIpc) is 2.57. The number of para-hydroxylation sites is 1. The van der Waals surface area contributed by atoms with Crippen LogP contribution >= 0.6 is 0 Å². The first-order valence-corrected chi connectivity index (χ1v) is 7.19. The van der Waals surface area contributed by atoms with Gasteiger partial charge < -0.3 is 35.1 Å². The molecule has 0 amide bonds. The van der Waals surface area contributed by atoms with Crippen LogP contribution in [0.2, 0.25) is 0 Å². The van der Waals surface area contributed by atoms with Gasteiger partial charge in [0.1, 0.15) is 5.75 Å². The number of carbonyl (C=O) groups is 2. The zero-order valence-electron chi connectivity index (χ0n) is 14.3. The van der Waals surface area contributed by atoms with Crippen LogP contribution in [0.15, 0.2) is 36.4 Å². The molecule has 0 fully saturated rings. The maximum absolute atomic E-state index is 11.3. The minimum Gasteiger partial charge on any atom is -0.545 e. The Bertz CT molecular complexity index is 737. The standard InChI is InChI=1S/C10H12O5.C7H6O3.Na/c1-2-3-15-10(14)6-4-7(11)9(13)8(12)5-6;8-6-4-2-1-3-5(6)7(9)10;/h4-5,11-13H,2-3H2,1H3;1-4,8H,(H,9,10);/q;;+1/p-1. The zero-order valence-corrected chi connectivity index (χ0v) is 16.3. The molecule has 0 aromatic heterocycles. The number of aromatic carboxylic acids is 1. The minimum absolute atomic E-state index is 0. The van der Waals surface area contributed by atoms with Crippen molar-refractivity contribution in [2.24, 2.45) is 0 Å². The molecule has 134 valence electrons. The van der Waals surface area contributed by atoms with E-state index in [-0.39, 0.29) is 53.0 Å². The number of esters is 1. The van der Waals surface area contributed by atoms with Gasteiger partial charge in [0, 0.05) is 5.56 Å². The second-order valence-electron chi connectivity index (χ2n) is 4.80. The van der Waals surface area contributed by atoms with Crippen molar-refractivity contribution in [2.45, 2.75) is 13.3 Å². The first-order valence-electron chi connectivity index (χ1n) is 7.19. The molecule has 0 heterocycles. The van der Waals surface area contributed by atoms with Crippen LogP contribution < -0.4 is 34.7 Å². The molecule has 0 saturated heterocycles. The Morgan fingerprint density at radius 2 is 1.54 bits per heavy atom. The molecular weight excluding hydrogens is 355 g/mol. The number of hydrogen-bond acceptors (Lipinski definition) is 8. The van der Waals surface area contributed by atoms with Gasteiger partial charge in [-0.15, -0.1) is 0 Å². The summed E-state index contributed by atoms with van der Waals surface area (Å²) in [7, 11) is 0. The van der Waals surface area contributed by atoms with E-state index in [1.54, 1.807) is 6.07 Å². The van der Waals surface area contributed by atoms with Crippen molar-refractivity contribution in [1.29, 1.82) is 0 Å². The summed E-state index contributed by atoms with van der Waals surface area (Å²) in [5.74, 6) is -4.04. The summed E-state index contributed by atoms with van der Waals surface area (Å²) in [6, 6.07) is 7.71. The summed E-state index contributed by atoms with van der Waals surface area (Å²) in [6.45, 7) is 2.11. The van der Waals surface area contributed by atoms with E-state index in [4.69, 9.17) is 25.2 Å². The third kappa shape index (κ3) is 6.83. The quantitative estimate of drug-likeness (QED) is 0.277. The van der Waals surface area contributed by atoms with Crippen molar-refractivity contribution in [3.63, 3.8) is 0 Å². The molecule has 2 rings (SSSR count). The molecule has 0 aliphatic heterocycles. The minimum atomic E-state index is -1.36. The molecule has 9 heteroatoms. The van der Waals surface area contributed by atoms with E-state index in [2.05, 4.69) is 0 Å². The molecule has 2 aromatic carbocycles. The molecule has 0 spiro atoms. The van der Waals surface area contributed by atoms with Gasteiger partial charge in [-0.1, -0.05) is 19.1 Å². The van der Waals surface area contributed by atoms with Crippen LogP contribution in [0.1, 0.15) is 34.1 Å². The maximum Gasteiger partial charge on any atom is 1.00 e. The van der Waals surface area contributed by atoms with Crippen LogP contribution in [0.4, 0.5) is 0 Å². The van der Waals surface area contributed by atoms with E-state index < -0.39 is 29.2 Å². The molecule has 0 saturated carbocycles. The predicted octanol–water partition coefficient (Wildman–Crippen LogP) is -1.87. The predicted molar refractivity (Wildman–Crippen MR) is 84.4 cm³/mol. The molecule has 8 nitrogen and oxygen atoms in total. The van der Waals surface area contributed by atoms with Crippen molar-refractivity contribution in [3.8, 4) is 23.0 Å². The van der Waals surface area contributed by atoms with Crippen LogP contribution in [0.3, 0.4) is 0 Å². The average molecular weight is 372 g/mol. The van der Waals surface area contributed by atoms with Crippen molar-refractivity contribution in [3.05, 3.63) is 47.5 Å². The van der Waals surface area contributed by atoms with E-state index in [1.165, 1.54) is 18.2 Å². The third-order valence-electron chi connectivity index (χ3n) is 2.87.